The average molecular weight is 639 g/mol. The molecule has 15 heteroatoms. The summed E-state index contributed by atoms with van der Waals surface area (Å²) >= 11 is 0. The summed E-state index contributed by atoms with van der Waals surface area (Å²) in [4.78, 5) is 40.8. The minimum absolute atomic E-state index is 0.0181. The van der Waals surface area contributed by atoms with Crippen molar-refractivity contribution in [2.45, 2.75) is 110 Å². The predicted octanol–water partition coefficient (Wildman–Crippen LogP) is 6.17. The van der Waals surface area contributed by atoms with Gasteiger partial charge in [-0.1, -0.05) is 37.8 Å². The number of nitrogens with two attached hydrogens (primary N) is 1. The molecule has 1 unspecified atom stereocenters. The second-order valence-electron chi connectivity index (χ2n) is 10.5. The first-order valence-corrected chi connectivity index (χ1v) is 17.0. The highest BCUT2D eigenvalue weighted by atomic mass is 31.2. The first-order chi connectivity index (χ1) is 20.6. The van der Waals surface area contributed by atoms with Crippen molar-refractivity contribution in [3.63, 3.8) is 0 Å². The maximum Gasteiger partial charge on any atom is 0.508 e. The van der Waals surface area contributed by atoms with Gasteiger partial charge in [0.2, 0.25) is 0 Å². The van der Waals surface area contributed by atoms with Gasteiger partial charge in [-0.25, -0.2) is 18.9 Å². The van der Waals surface area contributed by atoms with E-state index in [1.54, 1.807) is 7.05 Å². The second-order valence-corrected chi connectivity index (χ2v) is 12.1. The molecule has 1 rings (SSSR count). The molecule has 1 fully saturated rings. The van der Waals surface area contributed by atoms with Crippen LogP contribution in [0.5, 0.6) is 0 Å². The molecule has 0 radical (unpaired) electrons. The summed E-state index contributed by atoms with van der Waals surface area (Å²) in [5.41, 5.74) is 6.36. The van der Waals surface area contributed by atoms with Crippen LogP contribution in [0, 0.1) is 0 Å². The second kappa shape index (κ2) is 22.2. The molecule has 0 aromatic heterocycles. The molecule has 1 saturated carbocycles. The Hall–Kier alpha value is -2.41. The number of ether oxygens (including phenoxy) is 4. The lowest BCUT2D eigenvalue weighted by atomic mass is 9.94. The summed E-state index contributed by atoms with van der Waals surface area (Å²) in [5.74, 6) is -0.744. The molecular formula is C28H53N3O11P+. The van der Waals surface area contributed by atoms with Crippen molar-refractivity contribution in [2.24, 2.45) is 10.5 Å². The van der Waals surface area contributed by atoms with Gasteiger partial charge in [-0.15, -0.1) is 4.76 Å². The third kappa shape index (κ3) is 16.9. The van der Waals surface area contributed by atoms with Crippen LogP contribution in [-0.4, -0.2) is 81.6 Å². The van der Waals surface area contributed by atoms with Crippen LogP contribution in [0.15, 0.2) is 4.76 Å². The van der Waals surface area contributed by atoms with Crippen LogP contribution in [0.2, 0.25) is 0 Å². The highest BCUT2D eigenvalue weighted by Gasteiger charge is 2.44. The Morgan fingerprint density at radius 1 is 0.744 bits per heavy atom. The summed E-state index contributed by atoms with van der Waals surface area (Å²) in [6.07, 6.45) is 7.96. The number of quaternary nitrogens is 1. The quantitative estimate of drug-likeness (QED) is 0.0306. The van der Waals surface area contributed by atoms with E-state index in [0.717, 1.165) is 57.8 Å². The fourth-order valence-corrected chi connectivity index (χ4v) is 5.56. The van der Waals surface area contributed by atoms with Gasteiger partial charge in [-0.3, -0.25) is 13.9 Å². The first kappa shape index (κ1) is 38.6. The van der Waals surface area contributed by atoms with Crippen molar-refractivity contribution in [1.29, 1.82) is 0 Å². The molecule has 250 valence electrons. The average Bonchev–Trinajstić information content (AvgIpc) is 2.97. The number of hydrogen-bond donors (Lipinski definition) is 1. The molecule has 1 aliphatic carbocycles. The Balaban J connectivity index is 2.78. The van der Waals surface area contributed by atoms with Crippen LogP contribution >= 0.6 is 7.75 Å². The zero-order chi connectivity index (χ0) is 32.0. The third-order valence-corrected chi connectivity index (χ3v) is 8.20. The third-order valence-electron chi connectivity index (χ3n) is 6.73. The molecule has 0 aliphatic heterocycles. The zero-order valence-electron chi connectivity index (χ0n) is 26.4. The van der Waals surface area contributed by atoms with E-state index in [1.165, 1.54) is 6.92 Å². The van der Waals surface area contributed by atoms with Crippen LogP contribution < -0.4 is 5.73 Å². The van der Waals surface area contributed by atoms with Crippen LogP contribution in [0.25, 0.3) is 0 Å². The Kier molecular flexibility index (Phi) is 19.9. The summed E-state index contributed by atoms with van der Waals surface area (Å²) in [5, 5.41) is 0. The van der Waals surface area contributed by atoms with Gasteiger partial charge in [0, 0.05) is 19.8 Å². The standard InChI is InChI=1S/C28H53N3O11P/c1-5-7-18-36-27(33)38-20-12-14-22-40-43(35,41-23-15-13-21-39-28(34)37-19-8-6-2)30-26(29)31(4,42-24(3)32)25-16-10-9-11-17-25/h25H,5-23H2,1-4H3,(H2,29,30,35)/q+1. The predicted molar refractivity (Wildman–Crippen MR) is 159 cm³/mol. The summed E-state index contributed by atoms with van der Waals surface area (Å²) in [6, 6.07) is -0.154. The van der Waals surface area contributed by atoms with Gasteiger partial charge in [-0.2, -0.15) is 0 Å². The topological polar surface area (TPSA) is 171 Å². The molecule has 0 saturated heterocycles. The van der Waals surface area contributed by atoms with Crippen molar-refractivity contribution >= 4 is 32.0 Å². The molecule has 2 N–H and O–H groups in total. The Bertz CT molecular complexity index is 861. The molecule has 0 aromatic carbocycles. The van der Waals surface area contributed by atoms with Gasteiger partial charge in [0.05, 0.1) is 39.6 Å². The number of carbonyl (C=O) groups is 3. The molecule has 0 aromatic rings. The number of unbranched alkanes of at least 4 members (excludes halogenated alkanes) is 4. The van der Waals surface area contributed by atoms with Gasteiger partial charge < -0.3 is 24.7 Å². The molecule has 0 bridgehead atoms. The van der Waals surface area contributed by atoms with Crippen LogP contribution in [0.3, 0.4) is 0 Å². The van der Waals surface area contributed by atoms with Crippen LogP contribution in [0.4, 0.5) is 9.59 Å². The molecule has 1 aliphatic rings. The van der Waals surface area contributed by atoms with Crippen LogP contribution in [0.1, 0.15) is 104 Å². The zero-order valence-corrected chi connectivity index (χ0v) is 27.3. The molecule has 14 nitrogen and oxygen atoms in total. The van der Waals surface area contributed by atoms with Crippen molar-refractivity contribution in [1.82, 2.24) is 0 Å². The summed E-state index contributed by atoms with van der Waals surface area (Å²) in [7, 11) is -2.53. The normalized spacial score (nSPS) is 15.8. The number of hydroxylamine groups is 3. The lowest BCUT2D eigenvalue weighted by molar-refractivity contribution is -1.02. The first-order valence-electron chi connectivity index (χ1n) is 15.5. The van der Waals surface area contributed by atoms with E-state index in [0.29, 0.717) is 38.9 Å². The number of guanidine groups is 1. The number of nitrogens with zero attached hydrogens (tertiary/aromatic N) is 2. The SMILES string of the molecule is CCCCOC(=O)OCCCCOP(=O)(N=C(N)[N+](C)(OC(C)=O)C1CCCCC1)OCCCCOC(=O)OCCCC. The fraction of sp³-hybridized carbons (Fsp3) is 0.857. The van der Waals surface area contributed by atoms with E-state index in [-0.39, 0.29) is 38.4 Å². The van der Waals surface area contributed by atoms with Crippen LogP contribution in [-0.2, 0) is 42.2 Å². The molecule has 43 heavy (non-hydrogen) atoms. The van der Waals surface area contributed by atoms with E-state index in [9.17, 15) is 18.9 Å². The lowest BCUT2D eigenvalue weighted by Crippen LogP contribution is -2.60. The number of rotatable bonds is 20. The minimum atomic E-state index is -4.15. The minimum Gasteiger partial charge on any atom is -0.434 e. The van der Waals surface area contributed by atoms with Gasteiger partial charge in [0.25, 0.3) is 0 Å². The van der Waals surface area contributed by atoms with Crippen molar-refractivity contribution in [3.05, 3.63) is 0 Å². The van der Waals surface area contributed by atoms with E-state index >= 15 is 0 Å². The maximum absolute atomic E-state index is 13.7. The van der Waals surface area contributed by atoms with E-state index in [4.69, 9.17) is 38.6 Å². The van der Waals surface area contributed by atoms with Crippen molar-refractivity contribution in [3.8, 4) is 0 Å². The van der Waals surface area contributed by atoms with Gasteiger partial charge in [-0.05, 0) is 51.4 Å². The molecular weight excluding hydrogens is 585 g/mol. The van der Waals surface area contributed by atoms with E-state index < -0.39 is 30.7 Å². The summed E-state index contributed by atoms with van der Waals surface area (Å²) < 4.78 is 48.6. The largest absolute Gasteiger partial charge is 0.508 e. The highest BCUT2D eigenvalue weighted by Crippen LogP contribution is 2.51. The number of carbonyl (C=O) groups excluding carboxylic acids is 3. The highest BCUT2D eigenvalue weighted by molar-refractivity contribution is 7.52. The molecule has 0 amide bonds. The lowest BCUT2D eigenvalue weighted by Gasteiger charge is -2.37. The monoisotopic (exact) mass is 638 g/mol. The van der Waals surface area contributed by atoms with Gasteiger partial charge >= 0.3 is 32.0 Å². The van der Waals surface area contributed by atoms with Gasteiger partial charge in [0.1, 0.15) is 13.1 Å². The Morgan fingerprint density at radius 2 is 1.16 bits per heavy atom. The smallest absolute Gasteiger partial charge is 0.434 e. The maximum atomic E-state index is 13.7. The number of hydrogen-bond acceptors (Lipinski definition) is 11. The molecule has 1 atom stereocenters. The van der Waals surface area contributed by atoms with E-state index in [1.807, 2.05) is 13.8 Å². The van der Waals surface area contributed by atoms with Gasteiger partial charge in [0.15, 0.2) is 0 Å². The fourth-order valence-electron chi connectivity index (χ4n) is 4.22. The summed E-state index contributed by atoms with van der Waals surface area (Å²) in [6.45, 7) is 6.04. The Morgan fingerprint density at radius 3 is 1.58 bits per heavy atom. The van der Waals surface area contributed by atoms with E-state index in [2.05, 4.69) is 4.76 Å². The molecule has 0 heterocycles. The Labute approximate surface area is 256 Å². The van der Waals surface area contributed by atoms with Crippen molar-refractivity contribution in [2.75, 3.05) is 46.7 Å². The molecule has 0 spiro atoms. The van der Waals surface area contributed by atoms with Crippen molar-refractivity contribution < 1.29 is 56.4 Å².